The molecule has 0 saturated carbocycles. The van der Waals surface area contributed by atoms with Crippen molar-refractivity contribution in [1.82, 2.24) is 15.0 Å². The third-order valence-corrected chi connectivity index (χ3v) is 12.6. The molecule has 7 heteroatoms. The Morgan fingerprint density at radius 2 is 1.12 bits per heavy atom. The minimum Gasteiger partial charge on any atom is -0.333 e. The Balaban J connectivity index is 1.14. The van der Waals surface area contributed by atoms with Gasteiger partial charge < -0.3 is 4.90 Å². The molecule has 0 fully saturated rings. The zero-order valence-electron chi connectivity index (χ0n) is 32.1. The van der Waals surface area contributed by atoms with E-state index in [2.05, 4.69) is 120 Å². The monoisotopic (exact) mass is 784 g/mol. The van der Waals surface area contributed by atoms with Crippen LogP contribution in [0.3, 0.4) is 0 Å². The standard InChI is InChI=1S/C53H32N6S/c54-31-33-25-34(32-55)27-40(26-33)38-19-22-42-41-15-7-9-17-46(41)59(48(42)29-38)47-24-21-37(39-20-23-44-43-16-8-10-18-49(43)60-50(44)30-39)28-45(47)53-57-51(35-11-3-1-4-12-35)56-52(58-53)36-13-5-2-6-14-36/h1-30,42,48H. The molecule has 0 amide bonds. The number of anilines is 2. The summed E-state index contributed by atoms with van der Waals surface area (Å²) in [6, 6.07) is 60.4. The van der Waals surface area contributed by atoms with Crippen molar-refractivity contribution in [1.29, 1.82) is 10.5 Å². The van der Waals surface area contributed by atoms with Gasteiger partial charge >= 0.3 is 0 Å². The minimum absolute atomic E-state index is 0.0561. The summed E-state index contributed by atoms with van der Waals surface area (Å²) >= 11 is 1.81. The van der Waals surface area contributed by atoms with Gasteiger partial charge in [0.25, 0.3) is 0 Å². The van der Waals surface area contributed by atoms with Crippen molar-refractivity contribution in [3.05, 3.63) is 204 Å². The maximum atomic E-state index is 9.83. The lowest BCUT2D eigenvalue weighted by molar-refractivity contribution is 0.747. The number of hydrogen-bond donors (Lipinski definition) is 0. The first-order valence-electron chi connectivity index (χ1n) is 19.8. The average molecular weight is 785 g/mol. The molecule has 2 unspecified atom stereocenters. The molecular weight excluding hydrogens is 753 g/mol. The molecule has 2 aliphatic rings. The Bertz CT molecular complexity index is 3230. The van der Waals surface area contributed by atoms with E-state index in [4.69, 9.17) is 15.0 Å². The number of thiophene rings is 1. The summed E-state index contributed by atoms with van der Waals surface area (Å²) in [6.45, 7) is 0. The molecule has 0 saturated heterocycles. The van der Waals surface area contributed by atoms with Gasteiger partial charge in [0.1, 0.15) is 0 Å². The summed E-state index contributed by atoms with van der Waals surface area (Å²) in [5.41, 5.74) is 10.8. The van der Waals surface area contributed by atoms with E-state index in [1.54, 1.807) is 6.07 Å². The predicted molar refractivity (Wildman–Crippen MR) is 243 cm³/mol. The quantitative estimate of drug-likeness (QED) is 0.167. The van der Waals surface area contributed by atoms with Crippen LogP contribution >= 0.6 is 11.3 Å². The summed E-state index contributed by atoms with van der Waals surface area (Å²) in [6.07, 6.45) is 6.65. The van der Waals surface area contributed by atoms with Crippen molar-refractivity contribution >= 4 is 48.5 Å². The highest BCUT2D eigenvalue weighted by Gasteiger charge is 2.39. The lowest BCUT2D eigenvalue weighted by Crippen LogP contribution is -2.29. The highest BCUT2D eigenvalue weighted by molar-refractivity contribution is 7.25. The number of aromatic nitrogens is 3. The summed E-state index contributed by atoms with van der Waals surface area (Å²) < 4.78 is 2.51. The second-order valence-electron chi connectivity index (χ2n) is 15.0. The fourth-order valence-corrected chi connectivity index (χ4v) is 9.83. The molecule has 0 spiro atoms. The maximum absolute atomic E-state index is 9.83. The Labute approximate surface area is 351 Å². The highest BCUT2D eigenvalue weighted by atomic mass is 32.1. The molecule has 280 valence electrons. The fraction of sp³-hybridized carbons (Fsp3) is 0.0377. The Hall–Kier alpha value is -7.97. The first-order chi connectivity index (χ1) is 29.6. The molecular formula is C53H32N6S. The molecule has 1 aliphatic heterocycles. The summed E-state index contributed by atoms with van der Waals surface area (Å²) in [5.74, 6) is 1.81. The second-order valence-corrected chi connectivity index (χ2v) is 16.1. The van der Waals surface area contributed by atoms with Crippen LogP contribution in [0.2, 0.25) is 0 Å². The maximum Gasteiger partial charge on any atom is 0.166 e. The van der Waals surface area contributed by atoms with Crippen LogP contribution in [0.25, 0.3) is 71.0 Å². The number of allylic oxidation sites excluding steroid dienone is 2. The van der Waals surface area contributed by atoms with Gasteiger partial charge in [-0.25, -0.2) is 15.0 Å². The summed E-state index contributed by atoms with van der Waals surface area (Å²) in [5, 5.41) is 22.2. The molecule has 1 aliphatic carbocycles. The van der Waals surface area contributed by atoms with Gasteiger partial charge in [0.05, 0.1) is 35.0 Å². The van der Waals surface area contributed by atoms with Crippen molar-refractivity contribution in [3.8, 4) is 57.4 Å². The van der Waals surface area contributed by atoms with Crippen LogP contribution in [0.15, 0.2) is 182 Å². The van der Waals surface area contributed by atoms with Gasteiger partial charge in [-0.05, 0) is 76.4 Å². The molecule has 7 aromatic carbocycles. The Morgan fingerprint density at radius 1 is 0.500 bits per heavy atom. The molecule has 3 heterocycles. The van der Waals surface area contributed by atoms with E-state index in [0.717, 1.165) is 50.3 Å². The van der Waals surface area contributed by atoms with E-state index in [0.29, 0.717) is 28.6 Å². The van der Waals surface area contributed by atoms with E-state index in [1.807, 2.05) is 84.1 Å². The van der Waals surface area contributed by atoms with Gasteiger partial charge in [-0.15, -0.1) is 11.3 Å². The molecule has 9 aromatic rings. The molecule has 2 atom stereocenters. The van der Waals surface area contributed by atoms with Crippen molar-refractivity contribution in [2.45, 2.75) is 12.0 Å². The lowest BCUT2D eigenvalue weighted by Gasteiger charge is -2.32. The van der Waals surface area contributed by atoms with E-state index < -0.39 is 0 Å². The fourth-order valence-electron chi connectivity index (χ4n) is 8.68. The molecule has 60 heavy (non-hydrogen) atoms. The number of nitriles is 2. The number of hydrogen-bond acceptors (Lipinski definition) is 7. The second kappa shape index (κ2) is 14.4. The van der Waals surface area contributed by atoms with Crippen LogP contribution in [0.5, 0.6) is 0 Å². The SMILES string of the molecule is N#Cc1cc(C#N)cc(C2=CC3C(C=C2)c2ccccc2N3c2ccc(-c3ccc4c(c3)sc3ccccc34)cc2-c2nc(-c3ccccc3)nc(-c3ccccc3)n2)c1. The van der Waals surface area contributed by atoms with Crippen LogP contribution in [0.1, 0.15) is 28.2 Å². The molecule has 0 bridgehead atoms. The topological polar surface area (TPSA) is 89.5 Å². The number of para-hydroxylation sites is 1. The third-order valence-electron chi connectivity index (χ3n) is 11.5. The lowest BCUT2D eigenvalue weighted by atomic mass is 9.86. The number of nitrogens with zero attached hydrogens (tertiary/aromatic N) is 6. The molecule has 11 rings (SSSR count). The van der Waals surface area contributed by atoms with Crippen LogP contribution in [0, 0.1) is 22.7 Å². The van der Waals surface area contributed by atoms with E-state index in [9.17, 15) is 10.5 Å². The van der Waals surface area contributed by atoms with Crippen molar-refractivity contribution in [2.75, 3.05) is 4.90 Å². The average Bonchev–Trinajstić information content (AvgIpc) is 3.86. The van der Waals surface area contributed by atoms with Gasteiger partial charge in [-0.3, -0.25) is 0 Å². The van der Waals surface area contributed by atoms with E-state index >= 15 is 0 Å². The molecule has 0 N–H and O–H groups in total. The van der Waals surface area contributed by atoms with E-state index in [-0.39, 0.29) is 12.0 Å². The molecule has 2 aromatic heterocycles. The largest absolute Gasteiger partial charge is 0.333 e. The number of benzene rings is 7. The number of fused-ring (bicyclic) bond motifs is 6. The highest BCUT2D eigenvalue weighted by Crippen LogP contribution is 2.51. The number of rotatable bonds is 6. The minimum atomic E-state index is -0.123. The Morgan fingerprint density at radius 3 is 1.85 bits per heavy atom. The molecule has 0 radical (unpaired) electrons. The molecule has 6 nitrogen and oxygen atoms in total. The smallest absolute Gasteiger partial charge is 0.166 e. The first kappa shape index (κ1) is 35.2. The van der Waals surface area contributed by atoms with Gasteiger partial charge in [0, 0.05) is 48.5 Å². The zero-order chi connectivity index (χ0) is 40.2. The van der Waals surface area contributed by atoms with Gasteiger partial charge in [0.15, 0.2) is 17.5 Å². The van der Waals surface area contributed by atoms with Gasteiger partial charge in [-0.2, -0.15) is 10.5 Å². The summed E-state index contributed by atoms with van der Waals surface area (Å²) in [7, 11) is 0. The normalized spacial score (nSPS) is 15.3. The van der Waals surface area contributed by atoms with E-state index in [1.165, 1.54) is 25.7 Å². The Kier molecular flexibility index (Phi) is 8.48. The van der Waals surface area contributed by atoms with Crippen LogP contribution in [-0.2, 0) is 0 Å². The summed E-state index contributed by atoms with van der Waals surface area (Å²) in [4.78, 5) is 18.0. The third kappa shape index (κ3) is 6.05. The van der Waals surface area contributed by atoms with Crippen LogP contribution in [-0.4, -0.2) is 21.0 Å². The van der Waals surface area contributed by atoms with Crippen LogP contribution < -0.4 is 4.90 Å². The van der Waals surface area contributed by atoms with Crippen molar-refractivity contribution in [2.24, 2.45) is 0 Å². The van der Waals surface area contributed by atoms with Crippen molar-refractivity contribution < 1.29 is 0 Å². The van der Waals surface area contributed by atoms with Crippen LogP contribution in [0.4, 0.5) is 11.4 Å². The predicted octanol–water partition coefficient (Wildman–Crippen LogP) is 12.9. The van der Waals surface area contributed by atoms with Gasteiger partial charge in [-0.1, -0.05) is 133 Å². The zero-order valence-corrected chi connectivity index (χ0v) is 32.9. The van der Waals surface area contributed by atoms with Crippen molar-refractivity contribution in [3.63, 3.8) is 0 Å². The van der Waals surface area contributed by atoms with Gasteiger partial charge in [0.2, 0.25) is 0 Å². The first-order valence-corrected chi connectivity index (χ1v) is 20.6.